The Balaban J connectivity index is 2.29. The Morgan fingerprint density at radius 3 is 2.56 bits per heavy atom. The summed E-state index contributed by atoms with van der Waals surface area (Å²) in [7, 11) is 1.59. The molecule has 1 heterocycles. The van der Waals surface area contributed by atoms with Gasteiger partial charge in [-0.1, -0.05) is 0 Å². The van der Waals surface area contributed by atoms with Crippen molar-refractivity contribution in [1.29, 1.82) is 0 Å². The third-order valence-electron chi connectivity index (χ3n) is 2.56. The summed E-state index contributed by atoms with van der Waals surface area (Å²) in [5.41, 5.74) is 6.77. The van der Waals surface area contributed by atoms with Crippen molar-refractivity contribution < 1.29 is 9.18 Å². The molecule has 0 aliphatic heterocycles. The second-order valence-corrected chi connectivity index (χ2v) is 3.78. The number of nitrogens with zero attached hydrogens (tertiary/aromatic N) is 2. The molecule has 0 spiro atoms. The van der Waals surface area contributed by atoms with Crippen molar-refractivity contribution in [2.45, 2.75) is 0 Å². The van der Waals surface area contributed by atoms with Crippen molar-refractivity contribution in [2.24, 2.45) is 0 Å². The van der Waals surface area contributed by atoms with Gasteiger partial charge in [0.15, 0.2) is 5.69 Å². The van der Waals surface area contributed by atoms with Crippen molar-refractivity contribution in [3.05, 3.63) is 54.1 Å². The van der Waals surface area contributed by atoms with E-state index in [0.717, 1.165) is 0 Å². The molecule has 0 unspecified atom stereocenters. The Labute approximate surface area is 104 Å². The number of pyridine rings is 1. The lowest BCUT2D eigenvalue weighted by Crippen LogP contribution is -2.27. The molecule has 0 saturated carbocycles. The first-order valence-electron chi connectivity index (χ1n) is 5.33. The van der Waals surface area contributed by atoms with Crippen LogP contribution < -0.4 is 10.6 Å². The molecule has 0 aliphatic carbocycles. The van der Waals surface area contributed by atoms with E-state index in [4.69, 9.17) is 5.73 Å². The lowest BCUT2D eigenvalue weighted by molar-refractivity contribution is 0.0989. The van der Waals surface area contributed by atoms with Crippen molar-refractivity contribution in [3.63, 3.8) is 0 Å². The fourth-order valence-corrected chi connectivity index (χ4v) is 1.54. The number of carbonyl (C=O) groups excluding carboxylic acids is 1. The molecule has 92 valence electrons. The molecular formula is C13H12FN3O. The van der Waals surface area contributed by atoms with Crippen LogP contribution in [0.1, 0.15) is 10.5 Å². The van der Waals surface area contributed by atoms with E-state index in [1.54, 1.807) is 19.2 Å². The van der Waals surface area contributed by atoms with Gasteiger partial charge < -0.3 is 10.6 Å². The third kappa shape index (κ3) is 2.29. The van der Waals surface area contributed by atoms with Crippen LogP contribution in [-0.4, -0.2) is 17.9 Å². The van der Waals surface area contributed by atoms with Crippen LogP contribution in [0.4, 0.5) is 15.8 Å². The Bertz CT molecular complexity index is 569. The van der Waals surface area contributed by atoms with Gasteiger partial charge in [-0.05, 0) is 36.4 Å². The first kappa shape index (κ1) is 12.0. The van der Waals surface area contributed by atoms with Gasteiger partial charge in [-0.2, -0.15) is 0 Å². The molecule has 2 N–H and O–H groups in total. The predicted octanol–water partition coefficient (Wildman–Crippen LogP) is 2.08. The van der Waals surface area contributed by atoms with Crippen LogP contribution in [0.2, 0.25) is 0 Å². The lowest BCUT2D eigenvalue weighted by atomic mass is 10.2. The highest BCUT2D eigenvalue weighted by atomic mass is 19.1. The average Bonchev–Trinajstić information content (AvgIpc) is 2.38. The monoisotopic (exact) mass is 245 g/mol. The van der Waals surface area contributed by atoms with Crippen LogP contribution in [0.25, 0.3) is 0 Å². The number of nitrogen functional groups attached to an aromatic ring is 1. The molecule has 2 aromatic rings. The summed E-state index contributed by atoms with van der Waals surface area (Å²) in [6, 6.07) is 8.89. The van der Waals surface area contributed by atoms with Gasteiger partial charge in [0.25, 0.3) is 5.91 Å². The van der Waals surface area contributed by atoms with Crippen LogP contribution in [0, 0.1) is 5.82 Å². The maximum atomic E-state index is 12.8. The molecule has 0 radical (unpaired) electrons. The van der Waals surface area contributed by atoms with Gasteiger partial charge in [0, 0.05) is 18.9 Å². The molecule has 0 bridgehead atoms. The van der Waals surface area contributed by atoms with Crippen LogP contribution in [0.15, 0.2) is 42.6 Å². The minimum atomic E-state index is -0.350. The molecule has 0 fully saturated rings. The molecule has 1 amide bonds. The molecule has 4 nitrogen and oxygen atoms in total. The Morgan fingerprint density at radius 2 is 1.94 bits per heavy atom. The summed E-state index contributed by atoms with van der Waals surface area (Å²) in [6.07, 6.45) is 1.50. The van der Waals surface area contributed by atoms with Gasteiger partial charge in [0.1, 0.15) is 5.82 Å². The maximum Gasteiger partial charge on any atom is 0.278 e. The molecule has 0 saturated heterocycles. The summed E-state index contributed by atoms with van der Waals surface area (Å²) in [5, 5.41) is 0. The van der Waals surface area contributed by atoms with Crippen LogP contribution in [0.5, 0.6) is 0 Å². The first-order chi connectivity index (χ1) is 8.59. The molecule has 5 heteroatoms. The second-order valence-electron chi connectivity index (χ2n) is 3.78. The fourth-order valence-electron chi connectivity index (χ4n) is 1.54. The van der Waals surface area contributed by atoms with E-state index in [0.29, 0.717) is 11.4 Å². The minimum Gasteiger partial charge on any atom is -0.397 e. The summed E-state index contributed by atoms with van der Waals surface area (Å²) >= 11 is 0. The number of carbonyl (C=O) groups is 1. The zero-order valence-electron chi connectivity index (χ0n) is 9.80. The molecule has 1 aromatic heterocycles. The number of amides is 1. The van der Waals surface area contributed by atoms with Crippen LogP contribution in [0.3, 0.4) is 0 Å². The SMILES string of the molecule is CN(C(=O)c1ncccc1N)c1ccc(F)cc1. The molecular weight excluding hydrogens is 233 g/mol. The highest BCUT2D eigenvalue weighted by Gasteiger charge is 2.17. The first-order valence-corrected chi connectivity index (χ1v) is 5.33. The largest absolute Gasteiger partial charge is 0.397 e. The predicted molar refractivity (Wildman–Crippen MR) is 67.8 cm³/mol. The summed E-state index contributed by atoms with van der Waals surface area (Å²) < 4.78 is 12.8. The Morgan fingerprint density at radius 1 is 1.28 bits per heavy atom. The standard InChI is InChI=1S/C13H12FN3O/c1-17(10-6-4-9(14)5-7-10)13(18)12-11(15)3-2-8-16-12/h2-8H,15H2,1H3. The molecule has 0 aliphatic rings. The quantitative estimate of drug-likeness (QED) is 0.881. The van der Waals surface area contributed by atoms with E-state index in [1.165, 1.54) is 35.4 Å². The van der Waals surface area contributed by atoms with Gasteiger partial charge in [-0.3, -0.25) is 4.79 Å². The second kappa shape index (κ2) is 4.83. The molecule has 1 aromatic carbocycles. The van der Waals surface area contributed by atoms with Gasteiger partial charge in [-0.25, -0.2) is 9.37 Å². The summed E-state index contributed by atoms with van der Waals surface area (Å²) in [5.74, 6) is -0.684. The van der Waals surface area contributed by atoms with Crippen LogP contribution in [-0.2, 0) is 0 Å². The van der Waals surface area contributed by atoms with E-state index >= 15 is 0 Å². The van der Waals surface area contributed by atoms with E-state index in [9.17, 15) is 9.18 Å². The number of aromatic nitrogens is 1. The zero-order chi connectivity index (χ0) is 13.1. The van der Waals surface area contributed by atoms with Crippen molar-refractivity contribution in [2.75, 3.05) is 17.7 Å². The number of hydrogen-bond acceptors (Lipinski definition) is 3. The van der Waals surface area contributed by atoms with Crippen molar-refractivity contribution >= 4 is 17.3 Å². The molecule has 18 heavy (non-hydrogen) atoms. The molecule has 0 atom stereocenters. The number of anilines is 2. The average molecular weight is 245 g/mol. The number of hydrogen-bond donors (Lipinski definition) is 1. The van der Waals surface area contributed by atoms with Gasteiger partial charge in [0.05, 0.1) is 5.69 Å². The van der Waals surface area contributed by atoms with E-state index in [-0.39, 0.29) is 17.4 Å². The van der Waals surface area contributed by atoms with Crippen molar-refractivity contribution in [1.82, 2.24) is 4.98 Å². The minimum absolute atomic E-state index is 0.185. The van der Waals surface area contributed by atoms with E-state index in [2.05, 4.69) is 4.98 Å². The maximum absolute atomic E-state index is 12.8. The third-order valence-corrected chi connectivity index (χ3v) is 2.56. The Kier molecular flexibility index (Phi) is 3.23. The normalized spacial score (nSPS) is 10.1. The highest BCUT2D eigenvalue weighted by molar-refractivity contribution is 6.07. The topological polar surface area (TPSA) is 59.2 Å². The Hall–Kier alpha value is -2.43. The number of rotatable bonds is 2. The zero-order valence-corrected chi connectivity index (χ0v) is 9.80. The van der Waals surface area contributed by atoms with Gasteiger partial charge in [0.2, 0.25) is 0 Å². The lowest BCUT2D eigenvalue weighted by Gasteiger charge is -2.17. The van der Waals surface area contributed by atoms with Crippen molar-refractivity contribution in [3.8, 4) is 0 Å². The van der Waals surface area contributed by atoms with Gasteiger partial charge in [-0.15, -0.1) is 0 Å². The summed E-state index contributed by atoms with van der Waals surface area (Å²) in [6.45, 7) is 0. The summed E-state index contributed by atoms with van der Waals surface area (Å²) in [4.78, 5) is 17.5. The number of halogens is 1. The van der Waals surface area contributed by atoms with Gasteiger partial charge >= 0.3 is 0 Å². The van der Waals surface area contributed by atoms with E-state index in [1.807, 2.05) is 0 Å². The fraction of sp³-hybridized carbons (Fsp3) is 0.0769. The van der Waals surface area contributed by atoms with E-state index < -0.39 is 0 Å². The highest BCUT2D eigenvalue weighted by Crippen LogP contribution is 2.17. The smallest absolute Gasteiger partial charge is 0.278 e. The van der Waals surface area contributed by atoms with Crippen LogP contribution >= 0.6 is 0 Å². The number of benzene rings is 1. The number of nitrogens with two attached hydrogens (primary N) is 1. The molecule has 2 rings (SSSR count).